The van der Waals surface area contributed by atoms with Crippen LogP contribution in [0.4, 0.5) is 5.82 Å². The number of hydrogen-bond acceptors (Lipinski definition) is 4. The minimum absolute atomic E-state index is 0.00628. The van der Waals surface area contributed by atoms with Crippen molar-refractivity contribution in [2.24, 2.45) is 0 Å². The Kier molecular flexibility index (Phi) is 5.93. The van der Waals surface area contributed by atoms with E-state index in [1.165, 1.54) is 0 Å². The van der Waals surface area contributed by atoms with Gasteiger partial charge in [0.1, 0.15) is 12.4 Å². The average molecular weight is 441 g/mol. The number of carbonyl (C=O) groups is 2. The largest absolute Gasteiger partial charge is 0.354 e. The Morgan fingerprint density at radius 2 is 1.84 bits per heavy atom. The fourth-order valence-electron chi connectivity index (χ4n) is 4.62. The zero-order chi connectivity index (χ0) is 22.2. The van der Waals surface area contributed by atoms with E-state index in [1.807, 2.05) is 68.3 Å². The van der Waals surface area contributed by atoms with Gasteiger partial charge in [-0.3, -0.25) is 9.59 Å². The van der Waals surface area contributed by atoms with Crippen LogP contribution in [-0.2, 0) is 16.1 Å². The number of aromatic nitrogens is 1. The third kappa shape index (κ3) is 4.40. The van der Waals surface area contributed by atoms with Crippen molar-refractivity contribution in [3.8, 4) is 0 Å². The third-order valence-corrected chi connectivity index (χ3v) is 6.66. The quantitative estimate of drug-likeness (QED) is 0.728. The smallest absolute Gasteiger partial charge is 0.243 e. The lowest BCUT2D eigenvalue weighted by molar-refractivity contribution is -0.138. The molecule has 1 spiro atoms. The Bertz CT molecular complexity index is 961. The summed E-state index contributed by atoms with van der Waals surface area (Å²) in [4.78, 5) is 37.1. The summed E-state index contributed by atoms with van der Waals surface area (Å²) in [5, 5.41) is 0.666. The van der Waals surface area contributed by atoms with E-state index in [9.17, 15) is 9.59 Å². The monoisotopic (exact) mass is 440 g/mol. The molecule has 4 rings (SSSR count). The second kappa shape index (κ2) is 8.50. The van der Waals surface area contributed by atoms with Gasteiger partial charge in [0.2, 0.25) is 11.8 Å². The molecular weight excluding hydrogens is 412 g/mol. The molecule has 1 aromatic heterocycles. The van der Waals surface area contributed by atoms with Crippen molar-refractivity contribution in [1.82, 2.24) is 14.8 Å². The number of anilines is 1. The van der Waals surface area contributed by atoms with Crippen molar-refractivity contribution >= 4 is 29.2 Å². The van der Waals surface area contributed by atoms with Gasteiger partial charge < -0.3 is 14.7 Å². The van der Waals surface area contributed by atoms with Gasteiger partial charge in [-0.1, -0.05) is 29.8 Å². The molecule has 2 aliphatic heterocycles. The summed E-state index contributed by atoms with van der Waals surface area (Å²) in [6, 6.07) is 11.6. The molecule has 0 radical (unpaired) electrons. The molecule has 2 aliphatic rings. The van der Waals surface area contributed by atoms with Gasteiger partial charge in [-0.15, -0.1) is 0 Å². The maximum atomic E-state index is 13.5. The maximum absolute atomic E-state index is 13.5. The molecule has 2 saturated heterocycles. The minimum Gasteiger partial charge on any atom is -0.354 e. The molecule has 1 aromatic carbocycles. The predicted octanol–water partition coefficient (Wildman–Crippen LogP) is 3.66. The lowest BCUT2D eigenvalue weighted by atomic mass is 9.90. The molecule has 6 nitrogen and oxygen atoms in total. The molecule has 1 unspecified atom stereocenters. The van der Waals surface area contributed by atoms with Crippen LogP contribution in [-0.4, -0.2) is 57.8 Å². The van der Waals surface area contributed by atoms with E-state index < -0.39 is 5.54 Å². The molecule has 2 fully saturated rings. The number of pyridine rings is 1. The number of carbonyl (C=O) groups excluding carboxylic acids is 2. The van der Waals surface area contributed by atoms with E-state index in [4.69, 9.17) is 11.6 Å². The van der Waals surface area contributed by atoms with Crippen LogP contribution in [0.1, 0.15) is 37.8 Å². The van der Waals surface area contributed by atoms with E-state index >= 15 is 0 Å². The van der Waals surface area contributed by atoms with Crippen LogP contribution < -0.4 is 4.90 Å². The van der Waals surface area contributed by atoms with Gasteiger partial charge in [-0.2, -0.15) is 0 Å². The summed E-state index contributed by atoms with van der Waals surface area (Å²) in [6.45, 7) is 7.88. The molecule has 2 aromatic rings. The molecule has 164 valence electrons. The number of aryl methyl sites for hydroxylation is 1. The lowest BCUT2D eigenvalue weighted by Gasteiger charge is -2.39. The SMILES string of the molecule is Cc1ccc(N2CCC3(CC(=O)N(C(C)C)CC(=O)N3Cc3ccc(Cl)cc3)C2)nc1. The van der Waals surface area contributed by atoms with E-state index in [1.54, 1.807) is 4.90 Å². The van der Waals surface area contributed by atoms with Crippen molar-refractivity contribution < 1.29 is 9.59 Å². The molecule has 0 N–H and O–H groups in total. The molecule has 2 amide bonds. The second-order valence-electron chi connectivity index (χ2n) is 8.99. The normalized spacial score (nSPS) is 22.0. The Balaban J connectivity index is 1.68. The van der Waals surface area contributed by atoms with Crippen molar-refractivity contribution in [3.63, 3.8) is 0 Å². The highest BCUT2D eigenvalue weighted by atomic mass is 35.5. The highest BCUT2D eigenvalue weighted by Crippen LogP contribution is 2.37. The molecular formula is C24H29ClN4O2. The van der Waals surface area contributed by atoms with Gasteiger partial charge in [0.05, 0.1) is 12.0 Å². The molecule has 0 aliphatic carbocycles. The number of hydrogen-bond donors (Lipinski definition) is 0. The van der Waals surface area contributed by atoms with Crippen LogP contribution in [0.3, 0.4) is 0 Å². The van der Waals surface area contributed by atoms with Crippen molar-refractivity contribution in [2.75, 3.05) is 24.5 Å². The summed E-state index contributed by atoms with van der Waals surface area (Å²) in [5.74, 6) is 0.924. The number of nitrogens with zero attached hydrogens (tertiary/aromatic N) is 4. The summed E-state index contributed by atoms with van der Waals surface area (Å²) >= 11 is 6.06. The first-order valence-corrected chi connectivity index (χ1v) is 11.2. The van der Waals surface area contributed by atoms with Crippen LogP contribution in [0.2, 0.25) is 5.02 Å². The lowest BCUT2D eigenvalue weighted by Crippen LogP contribution is -2.53. The zero-order valence-electron chi connectivity index (χ0n) is 18.3. The van der Waals surface area contributed by atoms with Gasteiger partial charge in [0.15, 0.2) is 0 Å². The summed E-state index contributed by atoms with van der Waals surface area (Å²) in [7, 11) is 0. The van der Waals surface area contributed by atoms with Crippen LogP contribution in [0, 0.1) is 6.92 Å². The highest BCUT2D eigenvalue weighted by molar-refractivity contribution is 6.30. The van der Waals surface area contributed by atoms with Gasteiger partial charge in [0, 0.05) is 36.9 Å². The Hall–Kier alpha value is -2.60. The summed E-state index contributed by atoms with van der Waals surface area (Å²) < 4.78 is 0. The Labute approximate surface area is 188 Å². The van der Waals surface area contributed by atoms with E-state index in [-0.39, 0.29) is 24.4 Å². The van der Waals surface area contributed by atoms with Crippen molar-refractivity contribution in [3.05, 3.63) is 58.7 Å². The molecule has 3 heterocycles. The zero-order valence-corrected chi connectivity index (χ0v) is 19.1. The van der Waals surface area contributed by atoms with Crippen LogP contribution in [0.25, 0.3) is 0 Å². The highest BCUT2D eigenvalue weighted by Gasteiger charge is 2.50. The van der Waals surface area contributed by atoms with E-state index in [2.05, 4.69) is 9.88 Å². The molecule has 7 heteroatoms. The molecule has 0 saturated carbocycles. The number of benzene rings is 1. The number of amides is 2. The van der Waals surface area contributed by atoms with Crippen LogP contribution in [0.5, 0.6) is 0 Å². The molecule has 0 bridgehead atoms. The predicted molar refractivity (Wildman–Crippen MR) is 122 cm³/mol. The van der Waals surface area contributed by atoms with Crippen LogP contribution >= 0.6 is 11.6 Å². The van der Waals surface area contributed by atoms with Gasteiger partial charge in [-0.25, -0.2) is 4.98 Å². The van der Waals surface area contributed by atoms with Gasteiger partial charge >= 0.3 is 0 Å². The first-order chi connectivity index (χ1) is 14.8. The van der Waals surface area contributed by atoms with Crippen LogP contribution in [0.15, 0.2) is 42.6 Å². The van der Waals surface area contributed by atoms with Gasteiger partial charge in [0.25, 0.3) is 0 Å². The van der Waals surface area contributed by atoms with Gasteiger partial charge in [-0.05, 0) is 56.5 Å². The van der Waals surface area contributed by atoms with E-state index in [0.29, 0.717) is 24.5 Å². The fraction of sp³-hybridized carbons (Fsp3) is 0.458. The average Bonchev–Trinajstić information content (AvgIpc) is 3.12. The van der Waals surface area contributed by atoms with E-state index in [0.717, 1.165) is 29.9 Å². The van der Waals surface area contributed by atoms with Crippen molar-refractivity contribution in [2.45, 2.75) is 51.7 Å². The number of rotatable bonds is 4. The minimum atomic E-state index is -0.552. The van der Waals surface area contributed by atoms with Crippen molar-refractivity contribution in [1.29, 1.82) is 0 Å². The second-order valence-corrected chi connectivity index (χ2v) is 9.42. The summed E-state index contributed by atoms with van der Waals surface area (Å²) in [6.07, 6.45) is 2.92. The topological polar surface area (TPSA) is 56.8 Å². The number of halogens is 1. The molecule has 31 heavy (non-hydrogen) atoms. The summed E-state index contributed by atoms with van der Waals surface area (Å²) in [5.41, 5.74) is 1.56. The fourth-order valence-corrected chi connectivity index (χ4v) is 4.75. The molecule has 1 atom stereocenters. The first-order valence-electron chi connectivity index (χ1n) is 10.8. The Morgan fingerprint density at radius 1 is 1.10 bits per heavy atom. The Morgan fingerprint density at radius 3 is 2.48 bits per heavy atom. The first kappa shape index (κ1) is 21.6. The third-order valence-electron chi connectivity index (χ3n) is 6.41. The standard InChI is InChI=1S/C24H29ClN4O2/c1-17(2)28-15-23(31)29(14-19-5-7-20(25)8-6-19)24(12-22(28)30)10-11-27(16-24)21-9-4-18(3)13-26-21/h4-9,13,17H,10-12,14-16H2,1-3H3. The maximum Gasteiger partial charge on any atom is 0.243 e.